The highest BCUT2D eigenvalue weighted by atomic mass is 28.3. The van der Waals surface area contributed by atoms with E-state index >= 15 is 0 Å². The van der Waals surface area contributed by atoms with Gasteiger partial charge in [0.2, 0.25) is 0 Å². The summed E-state index contributed by atoms with van der Waals surface area (Å²) in [5.41, 5.74) is 0.809. The van der Waals surface area contributed by atoms with Crippen molar-refractivity contribution in [3.8, 4) is 5.75 Å². The van der Waals surface area contributed by atoms with E-state index in [-0.39, 0.29) is 18.3 Å². The maximum atomic E-state index is 12.3. The van der Waals surface area contributed by atoms with Crippen LogP contribution in [0, 0.1) is 0 Å². The highest BCUT2D eigenvalue weighted by molar-refractivity contribution is 6.89. The zero-order valence-corrected chi connectivity index (χ0v) is 14.3. The third-order valence-corrected chi connectivity index (χ3v) is 5.04. The van der Waals surface area contributed by atoms with E-state index in [9.17, 15) is 18.0 Å². The first-order valence-electron chi connectivity index (χ1n) is 6.74. The monoisotopic (exact) mass is 334 g/mol. The van der Waals surface area contributed by atoms with Crippen molar-refractivity contribution in [2.75, 3.05) is 14.1 Å². The average Bonchev–Trinajstić information content (AvgIpc) is 2.33. The Bertz CT molecular complexity index is 540. The molecular formula is C14H21F3N2O2Si. The molecule has 0 unspecified atom stereocenters. The molecule has 1 N–H and O–H groups in total. The van der Waals surface area contributed by atoms with E-state index in [0.29, 0.717) is 0 Å². The van der Waals surface area contributed by atoms with Gasteiger partial charge in [-0.2, -0.15) is 0 Å². The Labute approximate surface area is 129 Å². The maximum Gasteiger partial charge on any atom is 0.573 e. The number of hydrogen-bond acceptors (Lipinski definition) is 2. The molecule has 1 rings (SSSR count). The zero-order valence-electron chi connectivity index (χ0n) is 13.3. The summed E-state index contributed by atoms with van der Waals surface area (Å²) in [6, 6.07) is 4.02. The molecule has 0 aliphatic heterocycles. The predicted molar refractivity (Wildman–Crippen MR) is 82.0 cm³/mol. The molecule has 0 fully saturated rings. The maximum absolute atomic E-state index is 12.3. The first-order valence-corrected chi connectivity index (χ1v) is 10.2. The molecule has 0 aliphatic carbocycles. The van der Waals surface area contributed by atoms with E-state index in [1.165, 1.54) is 17.0 Å². The van der Waals surface area contributed by atoms with Gasteiger partial charge in [0.1, 0.15) is 5.75 Å². The highest BCUT2D eigenvalue weighted by Crippen LogP contribution is 2.23. The summed E-state index contributed by atoms with van der Waals surface area (Å²) in [7, 11) is 1.34. The van der Waals surface area contributed by atoms with Gasteiger partial charge in [-0.1, -0.05) is 30.9 Å². The average molecular weight is 334 g/mol. The Morgan fingerprint density at radius 1 is 1.27 bits per heavy atom. The van der Waals surface area contributed by atoms with E-state index in [0.717, 1.165) is 10.8 Å². The largest absolute Gasteiger partial charge is 0.573 e. The molecule has 0 saturated heterocycles. The second kappa shape index (κ2) is 6.60. The van der Waals surface area contributed by atoms with E-state index in [1.807, 2.05) is 19.6 Å². The molecule has 0 saturated carbocycles. The zero-order chi connectivity index (χ0) is 17.1. The summed E-state index contributed by atoms with van der Waals surface area (Å²) in [6.45, 7) is 6.34. The Morgan fingerprint density at radius 2 is 1.86 bits per heavy atom. The first-order chi connectivity index (χ1) is 9.90. The van der Waals surface area contributed by atoms with Crippen LogP contribution >= 0.6 is 0 Å². The van der Waals surface area contributed by atoms with Crippen molar-refractivity contribution in [2.45, 2.75) is 32.5 Å². The van der Waals surface area contributed by atoms with Gasteiger partial charge in [0.25, 0.3) is 0 Å². The molecule has 1 aromatic rings. The van der Waals surface area contributed by atoms with Crippen LogP contribution in [0.5, 0.6) is 5.75 Å². The van der Waals surface area contributed by atoms with Crippen molar-refractivity contribution in [1.29, 1.82) is 0 Å². The third-order valence-electron chi connectivity index (χ3n) is 2.96. The molecule has 0 bridgehead atoms. The second-order valence-electron chi connectivity index (χ2n) is 6.17. The Hall–Kier alpha value is -1.70. The van der Waals surface area contributed by atoms with Gasteiger partial charge in [0.05, 0.1) is 8.07 Å². The molecule has 0 spiro atoms. The number of ether oxygens (including phenoxy) is 1. The molecule has 0 aromatic heterocycles. The van der Waals surface area contributed by atoms with Crippen molar-refractivity contribution in [3.63, 3.8) is 0 Å². The topological polar surface area (TPSA) is 41.6 Å². The third kappa shape index (κ3) is 5.59. The summed E-state index contributed by atoms with van der Waals surface area (Å²) in [5.74, 6) is -0.229. The second-order valence-corrected chi connectivity index (χ2v) is 11.2. The molecule has 0 radical (unpaired) electrons. The summed E-state index contributed by atoms with van der Waals surface area (Å²) >= 11 is 0. The Morgan fingerprint density at radius 3 is 2.32 bits per heavy atom. The molecule has 22 heavy (non-hydrogen) atoms. The van der Waals surface area contributed by atoms with Gasteiger partial charge in [0.15, 0.2) is 0 Å². The number of alkyl halides is 3. The number of urea groups is 1. The van der Waals surface area contributed by atoms with E-state index in [1.54, 1.807) is 20.2 Å². The number of rotatable bonds is 4. The van der Waals surface area contributed by atoms with Crippen molar-refractivity contribution < 1.29 is 22.7 Å². The Balaban J connectivity index is 3.05. The molecule has 124 valence electrons. The predicted octanol–water partition coefficient (Wildman–Crippen LogP) is 2.90. The van der Waals surface area contributed by atoms with Crippen molar-refractivity contribution in [1.82, 2.24) is 10.2 Å². The van der Waals surface area contributed by atoms with E-state index in [4.69, 9.17) is 0 Å². The normalized spacial score (nSPS) is 12.0. The summed E-state index contributed by atoms with van der Waals surface area (Å²) < 4.78 is 41.0. The van der Waals surface area contributed by atoms with E-state index < -0.39 is 14.4 Å². The van der Waals surface area contributed by atoms with Crippen molar-refractivity contribution >= 4 is 19.3 Å². The lowest BCUT2D eigenvalue weighted by Gasteiger charge is -2.23. The van der Waals surface area contributed by atoms with Crippen LogP contribution in [0.15, 0.2) is 18.2 Å². The number of halogens is 3. The lowest BCUT2D eigenvalue weighted by atomic mass is 10.2. The van der Waals surface area contributed by atoms with Crippen molar-refractivity contribution in [3.05, 3.63) is 23.8 Å². The molecule has 4 nitrogen and oxygen atoms in total. The van der Waals surface area contributed by atoms with E-state index in [2.05, 4.69) is 10.1 Å². The molecule has 0 aliphatic rings. The summed E-state index contributed by atoms with van der Waals surface area (Å²) in [6.07, 6.45) is -4.71. The first kappa shape index (κ1) is 18.3. The van der Waals surface area contributed by atoms with Gasteiger partial charge in [-0.05, 0) is 17.7 Å². The van der Waals surface area contributed by atoms with Crippen LogP contribution in [0.3, 0.4) is 0 Å². The Kier molecular flexibility index (Phi) is 5.50. The van der Waals surface area contributed by atoms with Gasteiger partial charge in [-0.25, -0.2) is 4.79 Å². The van der Waals surface area contributed by atoms with Gasteiger partial charge < -0.3 is 15.0 Å². The fourth-order valence-corrected chi connectivity index (χ4v) is 3.64. The quantitative estimate of drug-likeness (QED) is 0.860. The van der Waals surface area contributed by atoms with Gasteiger partial charge in [-0.15, -0.1) is 13.2 Å². The molecular weight excluding hydrogens is 313 g/mol. The molecule has 1 aromatic carbocycles. The minimum absolute atomic E-state index is 0.229. The smallest absolute Gasteiger partial charge is 0.406 e. The van der Waals surface area contributed by atoms with Crippen LogP contribution < -0.4 is 15.2 Å². The minimum Gasteiger partial charge on any atom is -0.406 e. The SMILES string of the molecule is CN(C)C(=O)NCc1ccc(OC(F)(F)F)cc1[Si](C)(C)C. The van der Waals surface area contributed by atoms with Crippen LogP contribution in [-0.2, 0) is 6.54 Å². The fourth-order valence-electron chi connectivity index (χ4n) is 1.93. The van der Waals surface area contributed by atoms with Gasteiger partial charge in [-0.3, -0.25) is 0 Å². The molecule has 0 atom stereocenters. The number of carbonyl (C=O) groups excluding carboxylic acids is 1. The number of nitrogens with zero attached hydrogens (tertiary/aromatic N) is 1. The van der Waals surface area contributed by atoms with Crippen LogP contribution in [0.4, 0.5) is 18.0 Å². The van der Waals surface area contributed by atoms with Crippen LogP contribution in [0.1, 0.15) is 5.56 Å². The van der Waals surface area contributed by atoms with Gasteiger partial charge in [0, 0.05) is 20.6 Å². The minimum atomic E-state index is -4.71. The number of amides is 2. The van der Waals surface area contributed by atoms with Crippen LogP contribution in [-0.4, -0.2) is 39.5 Å². The van der Waals surface area contributed by atoms with Gasteiger partial charge >= 0.3 is 12.4 Å². The summed E-state index contributed by atoms with van der Waals surface area (Å²) in [5, 5.41) is 3.55. The molecule has 2 amide bonds. The van der Waals surface area contributed by atoms with Crippen LogP contribution in [0.25, 0.3) is 0 Å². The lowest BCUT2D eigenvalue weighted by Crippen LogP contribution is -2.43. The molecule has 0 heterocycles. The number of nitrogens with one attached hydrogen (secondary N) is 1. The highest BCUT2D eigenvalue weighted by Gasteiger charge is 2.32. The summed E-state index contributed by atoms with van der Waals surface area (Å²) in [4.78, 5) is 13.0. The van der Waals surface area contributed by atoms with Crippen molar-refractivity contribution in [2.24, 2.45) is 0 Å². The number of benzene rings is 1. The number of carbonyl (C=O) groups is 1. The fraction of sp³-hybridized carbons (Fsp3) is 0.500. The lowest BCUT2D eigenvalue weighted by molar-refractivity contribution is -0.274. The number of hydrogen-bond donors (Lipinski definition) is 1. The van der Waals surface area contributed by atoms with Crippen LogP contribution in [0.2, 0.25) is 19.6 Å². The standard InChI is InChI=1S/C14H21F3N2O2Si/c1-19(2)13(20)18-9-10-6-7-11(21-14(15,16)17)8-12(10)22(3,4)5/h6-8H,9H2,1-5H3,(H,18,20). The molecule has 8 heteroatoms.